The van der Waals surface area contributed by atoms with Gasteiger partial charge in [0.25, 0.3) is 0 Å². The van der Waals surface area contributed by atoms with E-state index in [2.05, 4.69) is 36.6 Å². The van der Waals surface area contributed by atoms with Crippen molar-refractivity contribution < 1.29 is 0 Å². The molecule has 0 N–H and O–H groups in total. The van der Waals surface area contributed by atoms with Crippen molar-refractivity contribution in [2.45, 2.75) is 26.2 Å². The first-order valence-electron chi connectivity index (χ1n) is 4.86. The SMILES string of the molecule is CCCCc1ccc2ccsc2c1. The zero-order valence-electron chi connectivity index (χ0n) is 7.92. The fraction of sp³-hybridized carbons (Fsp3) is 0.333. The summed E-state index contributed by atoms with van der Waals surface area (Å²) >= 11 is 1.83. The number of hydrogen-bond acceptors (Lipinski definition) is 1. The van der Waals surface area contributed by atoms with Crippen LogP contribution in [0.15, 0.2) is 29.6 Å². The molecule has 1 heteroatoms. The van der Waals surface area contributed by atoms with Gasteiger partial charge in [0, 0.05) is 4.70 Å². The van der Waals surface area contributed by atoms with Crippen LogP contribution in [0, 0.1) is 0 Å². The molecule has 0 aliphatic rings. The Labute approximate surface area is 83.2 Å². The molecule has 0 saturated heterocycles. The second-order valence-electron chi connectivity index (χ2n) is 3.40. The smallest absolute Gasteiger partial charge is 0.0345 e. The Morgan fingerprint density at radius 2 is 2.15 bits per heavy atom. The van der Waals surface area contributed by atoms with Gasteiger partial charge in [0.15, 0.2) is 0 Å². The van der Waals surface area contributed by atoms with Crippen LogP contribution in [0.3, 0.4) is 0 Å². The maximum Gasteiger partial charge on any atom is 0.0345 e. The number of aryl methyl sites for hydroxylation is 1. The van der Waals surface area contributed by atoms with Crippen molar-refractivity contribution in [3.8, 4) is 0 Å². The third-order valence-corrected chi connectivity index (χ3v) is 3.22. The Bertz CT molecular complexity index is 387. The quantitative estimate of drug-likeness (QED) is 0.679. The molecule has 1 heterocycles. The highest BCUT2D eigenvalue weighted by molar-refractivity contribution is 7.17. The van der Waals surface area contributed by atoms with Crippen LogP contribution in [0.4, 0.5) is 0 Å². The van der Waals surface area contributed by atoms with Crippen molar-refractivity contribution in [3.05, 3.63) is 35.2 Å². The van der Waals surface area contributed by atoms with E-state index in [1.807, 2.05) is 11.3 Å². The van der Waals surface area contributed by atoms with Gasteiger partial charge in [-0.3, -0.25) is 0 Å². The predicted molar refractivity (Wildman–Crippen MR) is 60.4 cm³/mol. The molecule has 0 unspecified atom stereocenters. The average Bonchev–Trinajstić information content (AvgIpc) is 2.61. The predicted octanol–water partition coefficient (Wildman–Crippen LogP) is 4.24. The van der Waals surface area contributed by atoms with E-state index in [0.29, 0.717) is 0 Å². The van der Waals surface area contributed by atoms with E-state index in [4.69, 9.17) is 0 Å². The Hall–Kier alpha value is -0.820. The van der Waals surface area contributed by atoms with E-state index < -0.39 is 0 Å². The van der Waals surface area contributed by atoms with Gasteiger partial charge in [-0.2, -0.15) is 0 Å². The molecule has 0 fully saturated rings. The van der Waals surface area contributed by atoms with Crippen molar-refractivity contribution in [1.29, 1.82) is 0 Å². The van der Waals surface area contributed by atoms with E-state index in [9.17, 15) is 0 Å². The molecule has 68 valence electrons. The molecule has 1 aromatic carbocycles. The van der Waals surface area contributed by atoms with E-state index in [1.54, 1.807) is 0 Å². The molecule has 0 saturated carbocycles. The van der Waals surface area contributed by atoms with E-state index in [1.165, 1.54) is 34.9 Å². The van der Waals surface area contributed by atoms with E-state index in [0.717, 1.165) is 0 Å². The standard InChI is InChI=1S/C12H14S/c1-2-3-4-10-5-6-11-7-8-13-12(11)9-10/h5-9H,2-4H2,1H3. The highest BCUT2D eigenvalue weighted by Gasteiger charge is 1.96. The first-order valence-corrected chi connectivity index (χ1v) is 5.74. The molecule has 13 heavy (non-hydrogen) atoms. The van der Waals surface area contributed by atoms with Crippen LogP contribution in [0.1, 0.15) is 25.3 Å². The minimum absolute atomic E-state index is 1.23. The van der Waals surface area contributed by atoms with Gasteiger partial charge in [0.1, 0.15) is 0 Å². The van der Waals surface area contributed by atoms with Gasteiger partial charge in [-0.05, 0) is 41.3 Å². The Morgan fingerprint density at radius 1 is 1.23 bits per heavy atom. The zero-order chi connectivity index (χ0) is 9.10. The molecule has 0 amide bonds. The average molecular weight is 190 g/mol. The molecule has 0 nitrogen and oxygen atoms in total. The minimum Gasteiger partial charge on any atom is -0.144 e. The molecule has 0 spiro atoms. The second kappa shape index (κ2) is 3.93. The van der Waals surface area contributed by atoms with E-state index in [-0.39, 0.29) is 0 Å². The lowest BCUT2D eigenvalue weighted by Gasteiger charge is -1.99. The highest BCUT2D eigenvalue weighted by atomic mass is 32.1. The third kappa shape index (κ3) is 1.92. The van der Waals surface area contributed by atoms with Crippen molar-refractivity contribution in [2.24, 2.45) is 0 Å². The molecule has 0 bridgehead atoms. The van der Waals surface area contributed by atoms with Crippen molar-refractivity contribution in [1.82, 2.24) is 0 Å². The van der Waals surface area contributed by atoms with Crippen LogP contribution < -0.4 is 0 Å². The van der Waals surface area contributed by atoms with Gasteiger partial charge in [-0.1, -0.05) is 25.5 Å². The lowest BCUT2D eigenvalue weighted by Crippen LogP contribution is -1.82. The molecule has 0 atom stereocenters. The molecular weight excluding hydrogens is 176 g/mol. The van der Waals surface area contributed by atoms with Crippen LogP contribution in [0.25, 0.3) is 10.1 Å². The second-order valence-corrected chi connectivity index (χ2v) is 4.34. The number of thiophene rings is 1. The van der Waals surface area contributed by atoms with Gasteiger partial charge in [-0.25, -0.2) is 0 Å². The Balaban J connectivity index is 2.26. The molecular formula is C12H14S. The molecule has 0 aliphatic heterocycles. The zero-order valence-corrected chi connectivity index (χ0v) is 8.73. The van der Waals surface area contributed by atoms with Crippen molar-refractivity contribution in [3.63, 3.8) is 0 Å². The molecule has 0 radical (unpaired) electrons. The normalized spacial score (nSPS) is 10.8. The number of fused-ring (bicyclic) bond motifs is 1. The highest BCUT2D eigenvalue weighted by Crippen LogP contribution is 2.22. The summed E-state index contributed by atoms with van der Waals surface area (Å²) in [7, 11) is 0. The molecule has 1 aromatic heterocycles. The van der Waals surface area contributed by atoms with Gasteiger partial charge in [0.05, 0.1) is 0 Å². The van der Waals surface area contributed by atoms with Crippen LogP contribution >= 0.6 is 11.3 Å². The lowest BCUT2D eigenvalue weighted by atomic mass is 10.1. The number of unbranched alkanes of at least 4 members (excludes halogenated alkanes) is 1. The van der Waals surface area contributed by atoms with Crippen LogP contribution in [0.5, 0.6) is 0 Å². The summed E-state index contributed by atoms with van der Waals surface area (Å²) in [6, 6.07) is 9.00. The summed E-state index contributed by atoms with van der Waals surface area (Å²) < 4.78 is 1.42. The lowest BCUT2D eigenvalue weighted by molar-refractivity contribution is 0.796. The fourth-order valence-electron chi connectivity index (χ4n) is 1.54. The van der Waals surface area contributed by atoms with Gasteiger partial charge < -0.3 is 0 Å². The van der Waals surface area contributed by atoms with Gasteiger partial charge in [0.2, 0.25) is 0 Å². The van der Waals surface area contributed by atoms with Crippen LogP contribution in [-0.2, 0) is 6.42 Å². The molecule has 0 aliphatic carbocycles. The maximum absolute atomic E-state index is 2.33. The third-order valence-electron chi connectivity index (χ3n) is 2.34. The number of rotatable bonds is 3. The van der Waals surface area contributed by atoms with E-state index >= 15 is 0 Å². The summed E-state index contributed by atoms with van der Waals surface area (Å²) in [5.74, 6) is 0. The largest absolute Gasteiger partial charge is 0.144 e. The molecule has 2 aromatic rings. The van der Waals surface area contributed by atoms with Gasteiger partial charge >= 0.3 is 0 Å². The first-order chi connectivity index (χ1) is 6.40. The van der Waals surface area contributed by atoms with Crippen LogP contribution in [-0.4, -0.2) is 0 Å². The fourth-order valence-corrected chi connectivity index (χ4v) is 2.39. The first kappa shape index (κ1) is 8.76. The molecule has 2 rings (SSSR count). The summed E-state index contributed by atoms with van der Waals surface area (Å²) in [5.41, 5.74) is 1.48. The monoisotopic (exact) mass is 190 g/mol. The summed E-state index contributed by atoms with van der Waals surface area (Å²) in [5, 5.41) is 3.54. The maximum atomic E-state index is 2.33. The number of hydrogen-bond donors (Lipinski definition) is 0. The Kier molecular flexibility index (Phi) is 2.65. The number of benzene rings is 1. The minimum atomic E-state index is 1.23. The van der Waals surface area contributed by atoms with Crippen molar-refractivity contribution >= 4 is 21.4 Å². The Morgan fingerprint density at radius 3 is 3.00 bits per heavy atom. The van der Waals surface area contributed by atoms with Gasteiger partial charge in [-0.15, -0.1) is 11.3 Å². The summed E-state index contributed by atoms with van der Waals surface area (Å²) in [4.78, 5) is 0. The topological polar surface area (TPSA) is 0 Å². The van der Waals surface area contributed by atoms with Crippen molar-refractivity contribution in [2.75, 3.05) is 0 Å². The van der Waals surface area contributed by atoms with Crippen LogP contribution in [0.2, 0.25) is 0 Å². The summed E-state index contributed by atoms with van der Waals surface area (Å²) in [6.07, 6.45) is 3.81. The summed E-state index contributed by atoms with van der Waals surface area (Å²) in [6.45, 7) is 2.24.